The first kappa shape index (κ1) is 22.4. The third kappa shape index (κ3) is 6.28. The van der Waals surface area contributed by atoms with Gasteiger partial charge in [-0.15, -0.1) is 0 Å². The van der Waals surface area contributed by atoms with E-state index in [2.05, 4.69) is 9.89 Å². The number of amides is 1. The summed E-state index contributed by atoms with van der Waals surface area (Å²) in [6.07, 6.45) is -5.96. The number of alkyl halides is 3. The summed E-state index contributed by atoms with van der Waals surface area (Å²) < 4.78 is 42.9. The van der Waals surface area contributed by atoms with Gasteiger partial charge in [-0.1, -0.05) is 35.0 Å². The van der Waals surface area contributed by atoms with Crippen molar-refractivity contribution in [1.29, 1.82) is 0 Å². The van der Waals surface area contributed by atoms with Gasteiger partial charge < -0.3 is 14.4 Å². The molecule has 0 heterocycles. The molecular formula is C19H18ClF3N2O4. The Bertz CT molecular complexity index is 903. The molecule has 2 rings (SSSR count). The number of hydrogen-bond donors (Lipinski definition) is 1. The van der Waals surface area contributed by atoms with Crippen LogP contribution in [-0.4, -0.2) is 18.9 Å². The molecule has 156 valence electrons. The van der Waals surface area contributed by atoms with E-state index in [4.69, 9.17) is 21.3 Å². The monoisotopic (exact) mass is 430 g/mol. The molecule has 6 nitrogen and oxygen atoms in total. The highest BCUT2D eigenvalue weighted by molar-refractivity contribution is 6.32. The van der Waals surface area contributed by atoms with Gasteiger partial charge in [-0.3, -0.25) is 0 Å². The standard InChI is InChI=1S/C19H18ClF3N2O4/c1-11(13-7-8-16(20)17(10-13)29-25-18(26)27-3)24-28-12(2)14-5-4-6-15(9-14)19(21,22)23/h4-10,12H,1-3H3,(H,25,26). The molecule has 0 bridgehead atoms. The fraction of sp³-hybridized carbons (Fsp3) is 0.263. The van der Waals surface area contributed by atoms with E-state index in [9.17, 15) is 18.0 Å². The molecule has 1 N–H and O–H groups in total. The van der Waals surface area contributed by atoms with Crippen LogP contribution in [0.4, 0.5) is 18.0 Å². The number of carbonyl (C=O) groups is 1. The average Bonchev–Trinajstić information content (AvgIpc) is 2.70. The van der Waals surface area contributed by atoms with E-state index in [1.165, 1.54) is 31.4 Å². The lowest BCUT2D eigenvalue weighted by molar-refractivity contribution is -0.137. The number of nitrogens with zero attached hydrogens (tertiary/aromatic N) is 1. The van der Waals surface area contributed by atoms with Crippen LogP contribution in [0.2, 0.25) is 5.02 Å². The summed E-state index contributed by atoms with van der Waals surface area (Å²) in [5.74, 6) is 0.148. The van der Waals surface area contributed by atoms with E-state index < -0.39 is 23.9 Å². The fourth-order valence-electron chi connectivity index (χ4n) is 2.18. The van der Waals surface area contributed by atoms with Crippen LogP contribution < -0.4 is 10.3 Å². The zero-order valence-electron chi connectivity index (χ0n) is 15.7. The smallest absolute Gasteiger partial charge is 0.440 e. The molecule has 0 saturated heterocycles. The van der Waals surface area contributed by atoms with Crippen LogP contribution in [0.25, 0.3) is 0 Å². The highest BCUT2D eigenvalue weighted by atomic mass is 35.5. The van der Waals surface area contributed by atoms with Gasteiger partial charge in [0.15, 0.2) is 5.75 Å². The van der Waals surface area contributed by atoms with Crippen molar-refractivity contribution in [1.82, 2.24) is 5.48 Å². The molecule has 0 fully saturated rings. The second-order valence-corrected chi connectivity index (χ2v) is 6.30. The zero-order valence-corrected chi connectivity index (χ0v) is 16.5. The van der Waals surface area contributed by atoms with E-state index in [-0.39, 0.29) is 10.8 Å². The number of carbonyl (C=O) groups excluding carboxylic acids is 1. The molecule has 0 radical (unpaired) electrons. The molecule has 1 amide bonds. The SMILES string of the molecule is COC(=O)NOc1cc(C(C)=NOC(C)c2cccc(C(F)(F)F)c2)ccc1Cl. The highest BCUT2D eigenvalue weighted by Crippen LogP contribution is 2.31. The Morgan fingerprint density at radius 3 is 2.59 bits per heavy atom. The first-order valence-electron chi connectivity index (χ1n) is 8.30. The van der Waals surface area contributed by atoms with E-state index in [0.29, 0.717) is 16.8 Å². The van der Waals surface area contributed by atoms with Crippen molar-refractivity contribution >= 4 is 23.4 Å². The second-order valence-electron chi connectivity index (χ2n) is 5.89. The summed E-state index contributed by atoms with van der Waals surface area (Å²) >= 11 is 6.01. The molecule has 1 unspecified atom stereocenters. The van der Waals surface area contributed by atoms with Crippen molar-refractivity contribution in [2.75, 3.05) is 7.11 Å². The van der Waals surface area contributed by atoms with Crippen molar-refractivity contribution in [3.05, 3.63) is 64.2 Å². The number of hydrogen-bond acceptors (Lipinski definition) is 5. The van der Waals surface area contributed by atoms with Gasteiger partial charge in [0.05, 0.1) is 23.4 Å². The minimum atomic E-state index is -4.44. The number of ether oxygens (including phenoxy) is 1. The topological polar surface area (TPSA) is 69.2 Å². The lowest BCUT2D eigenvalue weighted by Gasteiger charge is -2.14. The number of hydroxylamine groups is 1. The van der Waals surface area contributed by atoms with Crippen molar-refractivity contribution in [2.45, 2.75) is 26.1 Å². The number of oxime groups is 1. The highest BCUT2D eigenvalue weighted by Gasteiger charge is 2.30. The number of rotatable bonds is 6. The molecule has 0 aromatic heterocycles. The molecule has 29 heavy (non-hydrogen) atoms. The average molecular weight is 431 g/mol. The van der Waals surface area contributed by atoms with Crippen LogP contribution >= 0.6 is 11.6 Å². The van der Waals surface area contributed by atoms with Gasteiger partial charge in [0, 0.05) is 5.56 Å². The molecule has 0 saturated carbocycles. The quantitative estimate of drug-likeness (QED) is 0.484. The maximum Gasteiger partial charge on any atom is 0.440 e. The molecule has 1 atom stereocenters. The van der Waals surface area contributed by atoms with Crippen LogP contribution in [0.3, 0.4) is 0 Å². The first-order valence-corrected chi connectivity index (χ1v) is 8.68. The summed E-state index contributed by atoms with van der Waals surface area (Å²) in [7, 11) is 1.18. The maximum atomic E-state index is 12.8. The maximum absolute atomic E-state index is 12.8. The Kier molecular flexibility index (Phi) is 7.33. The Hall–Kier alpha value is -2.94. The minimum Gasteiger partial charge on any atom is -0.451 e. The lowest BCUT2D eigenvalue weighted by atomic mass is 10.1. The first-order chi connectivity index (χ1) is 13.6. The van der Waals surface area contributed by atoms with E-state index in [0.717, 1.165) is 12.1 Å². The van der Waals surface area contributed by atoms with Gasteiger partial charge in [-0.25, -0.2) is 4.79 Å². The minimum absolute atomic E-state index is 0.148. The Labute approximate surface area is 170 Å². The molecular weight excluding hydrogens is 413 g/mol. The number of nitrogens with one attached hydrogen (secondary N) is 1. The summed E-state index contributed by atoms with van der Waals surface area (Å²) in [6, 6.07) is 9.52. The Morgan fingerprint density at radius 2 is 1.93 bits per heavy atom. The summed E-state index contributed by atoms with van der Waals surface area (Å²) in [4.78, 5) is 21.5. The molecule has 0 aliphatic rings. The number of benzene rings is 2. The van der Waals surface area contributed by atoms with Crippen LogP contribution in [0.15, 0.2) is 47.6 Å². The van der Waals surface area contributed by atoms with Crippen molar-refractivity contribution in [2.24, 2.45) is 5.16 Å². The third-order valence-corrected chi connectivity index (χ3v) is 4.12. The molecule has 2 aromatic carbocycles. The third-order valence-electron chi connectivity index (χ3n) is 3.81. The normalized spacial score (nSPS) is 12.9. The lowest BCUT2D eigenvalue weighted by Crippen LogP contribution is -2.26. The van der Waals surface area contributed by atoms with Crippen molar-refractivity contribution in [3.8, 4) is 5.75 Å². The Balaban J connectivity index is 2.12. The van der Waals surface area contributed by atoms with Crippen LogP contribution in [0.1, 0.15) is 36.6 Å². The summed E-state index contributed by atoms with van der Waals surface area (Å²) in [5.41, 5.74) is 2.59. The zero-order chi connectivity index (χ0) is 21.6. The largest absolute Gasteiger partial charge is 0.451 e. The summed E-state index contributed by atoms with van der Waals surface area (Å²) in [5, 5.41) is 4.20. The molecule has 10 heteroatoms. The van der Waals surface area contributed by atoms with Gasteiger partial charge in [0.1, 0.15) is 6.10 Å². The van der Waals surface area contributed by atoms with Crippen LogP contribution in [0.5, 0.6) is 5.75 Å². The van der Waals surface area contributed by atoms with Crippen LogP contribution in [-0.2, 0) is 15.8 Å². The van der Waals surface area contributed by atoms with Gasteiger partial charge >= 0.3 is 12.3 Å². The molecule has 0 spiro atoms. The fourth-order valence-corrected chi connectivity index (χ4v) is 2.34. The van der Waals surface area contributed by atoms with Gasteiger partial charge in [-0.05, 0) is 43.7 Å². The number of methoxy groups -OCH3 is 1. The predicted octanol–water partition coefficient (Wildman–Crippen LogP) is 5.51. The molecule has 0 aliphatic heterocycles. The van der Waals surface area contributed by atoms with Crippen molar-refractivity contribution in [3.63, 3.8) is 0 Å². The molecule has 0 aliphatic carbocycles. The second kappa shape index (κ2) is 9.51. The Morgan fingerprint density at radius 1 is 1.21 bits per heavy atom. The van der Waals surface area contributed by atoms with Gasteiger partial charge in [-0.2, -0.15) is 18.7 Å². The van der Waals surface area contributed by atoms with Crippen LogP contribution in [0, 0.1) is 0 Å². The van der Waals surface area contributed by atoms with E-state index in [1.54, 1.807) is 19.9 Å². The van der Waals surface area contributed by atoms with Gasteiger partial charge in [0.2, 0.25) is 0 Å². The number of halogens is 4. The van der Waals surface area contributed by atoms with E-state index in [1.807, 2.05) is 5.48 Å². The van der Waals surface area contributed by atoms with Gasteiger partial charge in [0.25, 0.3) is 0 Å². The molecule has 2 aromatic rings. The van der Waals surface area contributed by atoms with E-state index >= 15 is 0 Å². The summed E-state index contributed by atoms with van der Waals surface area (Å²) in [6.45, 7) is 3.22. The van der Waals surface area contributed by atoms with Crippen molar-refractivity contribution < 1.29 is 32.4 Å². The predicted molar refractivity (Wildman–Crippen MR) is 101 cm³/mol.